The van der Waals surface area contributed by atoms with Gasteiger partial charge in [0.15, 0.2) is 0 Å². The van der Waals surface area contributed by atoms with Crippen LogP contribution in [0.3, 0.4) is 0 Å². The van der Waals surface area contributed by atoms with Gasteiger partial charge in [0, 0.05) is 18.0 Å². The minimum absolute atomic E-state index is 0.464. The molecule has 0 aromatic carbocycles. The Bertz CT molecular complexity index is 332. The Labute approximate surface area is 96.5 Å². The fraction of sp³-hybridized carbons (Fsp3) is 0.538. The zero-order valence-corrected chi connectivity index (χ0v) is 9.58. The summed E-state index contributed by atoms with van der Waals surface area (Å²) in [6.07, 6.45) is 7.80. The predicted octanol–water partition coefficient (Wildman–Crippen LogP) is 2.80. The molecule has 16 heavy (non-hydrogen) atoms. The van der Waals surface area contributed by atoms with E-state index in [1.165, 1.54) is 24.7 Å². The van der Waals surface area contributed by atoms with E-state index in [4.69, 9.17) is 9.15 Å². The highest BCUT2D eigenvalue weighted by molar-refractivity contribution is 5.23. The first-order valence-electron chi connectivity index (χ1n) is 5.94. The lowest BCUT2D eigenvalue weighted by atomic mass is 9.93. The summed E-state index contributed by atoms with van der Waals surface area (Å²) < 4.78 is 10.5. The summed E-state index contributed by atoms with van der Waals surface area (Å²) in [6.45, 7) is 5.23. The largest absolute Gasteiger partial charge is 0.502 e. The minimum atomic E-state index is 0.464. The van der Waals surface area contributed by atoms with Crippen LogP contribution >= 0.6 is 0 Å². The highest BCUT2D eigenvalue weighted by Gasteiger charge is 2.21. The maximum absolute atomic E-state index is 5.45. The van der Waals surface area contributed by atoms with Gasteiger partial charge in [-0.25, -0.2) is 0 Å². The number of hydrogen-bond donors (Lipinski definition) is 1. The molecule has 1 aromatic rings. The van der Waals surface area contributed by atoms with Crippen molar-refractivity contribution in [1.29, 1.82) is 0 Å². The van der Waals surface area contributed by atoms with Gasteiger partial charge in [-0.1, -0.05) is 6.58 Å². The molecule has 0 amide bonds. The molecule has 88 valence electrons. The molecule has 0 spiro atoms. The van der Waals surface area contributed by atoms with Gasteiger partial charge in [-0.3, -0.25) is 0 Å². The van der Waals surface area contributed by atoms with Crippen LogP contribution in [0.25, 0.3) is 0 Å². The maximum atomic E-state index is 5.45. The first-order valence-corrected chi connectivity index (χ1v) is 5.94. The second-order valence-electron chi connectivity index (χ2n) is 4.09. The van der Waals surface area contributed by atoms with Gasteiger partial charge in [-0.15, -0.1) is 0 Å². The van der Waals surface area contributed by atoms with Crippen LogP contribution in [-0.4, -0.2) is 13.2 Å². The number of furan rings is 1. The van der Waals surface area contributed by atoms with E-state index in [9.17, 15) is 0 Å². The molecule has 3 heteroatoms. The van der Waals surface area contributed by atoms with Gasteiger partial charge in [0.1, 0.15) is 5.76 Å². The summed E-state index contributed by atoms with van der Waals surface area (Å²) in [5.41, 5.74) is 1.34. The average molecular weight is 221 g/mol. The molecule has 3 nitrogen and oxygen atoms in total. The predicted molar refractivity (Wildman–Crippen MR) is 63.2 cm³/mol. The van der Waals surface area contributed by atoms with Crippen molar-refractivity contribution >= 4 is 0 Å². The van der Waals surface area contributed by atoms with Crippen LogP contribution in [-0.2, 0) is 11.2 Å². The number of aryl methyl sites for hydroxylation is 1. The summed E-state index contributed by atoms with van der Waals surface area (Å²) in [4.78, 5) is 0. The number of nitrogens with one attached hydrogen (secondary N) is 1. The van der Waals surface area contributed by atoms with Crippen LogP contribution in [0.4, 0.5) is 0 Å². The molecule has 1 unspecified atom stereocenters. The van der Waals surface area contributed by atoms with Crippen LogP contribution in [0.5, 0.6) is 0 Å². The fourth-order valence-corrected chi connectivity index (χ4v) is 2.21. The molecule has 0 bridgehead atoms. The van der Waals surface area contributed by atoms with E-state index in [1.54, 1.807) is 6.26 Å². The summed E-state index contributed by atoms with van der Waals surface area (Å²) in [5, 5.41) is 3.55. The van der Waals surface area contributed by atoms with E-state index in [2.05, 4.69) is 18.0 Å². The Balaban J connectivity index is 1.77. The molecule has 1 N–H and O–H groups in total. The molecular weight excluding hydrogens is 202 g/mol. The van der Waals surface area contributed by atoms with E-state index in [0.717, 1.165) is 31.8 Å². The van der Waals surface area contributed by atoms with Crippen molar-refractivity contribution in [3.63, 3.8) is 0 Å². The van der Waals surface area contributed by atoms with Gasteiger partial charge in [0.2, 0.25) is 0 Å². The van der Waals surface area contributed by atoms with E-state index in [0.29, 0.717) is 6.04 Å². The minimum Gasteiger partial charge on any atom is -0.502 e. The highest BCUT2D eigenvalue weighted by Crippen LogP contribution is 2.30. The summed E-state index contributed by atoms with van der Waals surface area (Å²) in [7, 11) is 0. The zero-order chi connectivity index (χ0) is 11.2. The second-order valence-corrected chi connectivity index (χ2v) is 4.09. The number of hydrogen-bond acceptors (Lipinski definition) is 3. The van der Waals surface area contributed by atoms with Crippen molar-refractivity contribution in [2.75, 3.05) is 13.2 Å². The standard InChI is InChI=1S/C13H19NO2/c1-2-15-9-4-8-14-12-5-3-6-13-11(12)7-10-16-13/h2,7,10,12,14H,1,3-6,8-9H2. The van der Waals surface area contributed by atoms with Gasteiger partial charge in [-0.05, 0) is 31.9 Å². The third-order valence-electron chi connectivity index (χ3n) is 3.00. The molecule has 1 atom stereocenters. The zero-order valence-electron chi connectivity index (χ0n) is 9.58. The molecule has 1 aromatic heterocycles. The summed E-state index contributed by atoms with van der Waals surface area (Å²) >= 11 is 0. The summed E-state index contributed by atoms with van der Waals surface area (Å²) in [6, 6.07) is 2.55. The van der Waals surface area contributed by atoms with Gasteiger partial charge in [0.25, 0.3) is 0 Å². The van der Waals surface area contributed by atoms with Crippen LogP contribution < -0.4 is 5.32 Å². The first kappa shape index (κ1) is 11.3. The lowest BCUT2D eigenvalue weighted by Crippen LogP contribution is -2.25. The summed E-state index contributed by atoms with van der Waals surface area (Å²) in [5.74, 6) is 1.16. The van der Waals surface area contributed by atoms with Crippen LogP contribution in [0.15, 0.2) is 29.6 Å². The Hall–Kier alpha value is -1.22. The number of ether oxygens (including phenoxy) is 1. The average Bonchev–Trinajstić information content (AvgIpc) is 2.77. The SMILES string of the molecule is C=COCCCNC1CCCc2occc21. The molecule has 0 saturated heterocycles. The van der Waals surface area contributed by atoms with Crippen molar-refractivity contribution in [3.8, 4) is 0 Å². The Morgan fingerprint density at radius 2 is 2.56 bits per heavy atom. The van der Waals surface area contributed by atoms with Crippen LogP contribution in [0, 0.1) is 0 Å². The third-order valence-corrected chi connectivity index (χ3v) is 3.00. The van der Waals surface area contributed by atoms with E-state index < -0.39 is 0 Å². The van der Waals surface area contributed by atoms with E-state index in [-0.39, 0.29) is 0 Å². The first-order chi connectivity index (χ1) is 7.92. The molecule has 1 aliphatic rings. The van der Waals surface area contributed by atoms with E-state index >= 15 is 0 Å². The quantitative estimate of drug-likeness (QED) is 0.592. The molecule has 2 rings (SSSR count). The Kier molecular flexibility index (Phi) is 4.05. The van der Waals surface area contributed by atoms with Crippen molar-refractivity contribution in [2.24, 2.45) is 0 Å². The van der Waals surface area contributed by atoms with Gasteiger partial charge < -0.3 is 14.5 Å². The molecule has 0 aliphatic heterocycles. The fourth-order valence-electron chi connectivity index (χ4n) is 2.21. The van der Waals surface area contributed by atoms with Gasteiger partial charge >= 0.3 is 0 Å². The van der Waals surface area contributed by atoms with Crippen molar-refractivity contribution in [2.45, 2.75) is 31.7 Å². The monoisotopic (exact) mass is 221 g/mol. The van der Waals surface area contributed by atoms with Crippen LogP contribution in [0.2, 0.25) is 0 Å². The van der Waals surface area contributed by atoms with Crippen molar-refractivity contribution in [3.05, 3.63) is 36.5 Å². The van der Waals surface area contributed by atoms with E-state index in [1.807, 2.05) is 0 Å². The normalized spacial score (nSPS) is 19.1. The topological polar surface area (TPSA) is 34.4 Å². The van der Waals surface area contributed by atoms with Gasteiger partial charge in [-0.2, -0.15) is 0 Å². The Morgan fingerprint density at radius 1 is 1.62 bits per heavy atom. The lowest BCUT2D eigenvalue weighted by molar-refractivity contribution is 0.241. The lowest BCUT2D eigenvalue weighted by Gasteiger charge is -2.22. The Morgan fingerprint density at radius 3 is 3.44 bits per heavy atom. The number of rotatable bonds is 6. The van der Waals surface area contributed by atoms with Crippen LogP contribution in [0.1, 0.15) is 36.6 Å². The maximum Gasteiger partial charge on any atom is 0.108 e. The molecule has 1 aliphatic carbocycles. The highest BCUT2D eigenvalue weighted by atomic mass is 16.5. The molecule has 0 radical (unpaired) electrons. The van der Waals surface area contributed by atoms with Crippen molar-refractivity contribution in [1.82, 2.24) is 5.32 Å². The third kappa shape index (κ3) is 2.67. The number of fused-ring (bicyclic) bond motifs is 1. The van der Waals surface area contributed by atoms with Gasteiger partial charge in [0.05, 0.1) is 19.1 Å². The molecular formula is C13H19NO2. The molecule has 0 saturated carbocycles. The smallest absolute Gasteiger partial charge is 0.108 e. The second kappa shape index (κ2) is 5.75. The molecule has 0 fully saturated rings. The molecule has 1 heterocycles. The van der Waals surface area contributed by atoms with Crippen molar-refractivity contribution < 1.29 is 9.15 Å².